The van der Waals surface area contributed by atoms with Gasteiger partial charge in [-0.2, -0.15) is 0 Å². The molecule has 6 nitrogen and oxygen atoms in total. The first-order valence-corrected chi connectivity index (χ1v) is 6.49. The van der Waals surface area contributed by atoms with E-state index in [1.807, 2.05) is 0 Å². The summed E-state index contributed by atoms with van der Waals surface area (Å²) in [6.07, 6.45) is 1.79. The number of rotatable bonds is 1. The highest BCUT2D eigenvalue weighted by atomic mass is 32.2. The fourth-order valence-electron chi connectivity index (χ4n) is 1.62. The molecule has 15 heavy (non-hydrogen) atoms. The van der Waals surface area contributed by atoms with Gasteiger partial charge in [-0.3, -0.25) is 4.79 Å². The fourth-order valence-corrected chi connectivity index (χ4v) is 2.69. The molecule has 1 fully saturated rings. The summed E-state index contributed by atoms with van der Waals surface area (Å²) in [5.74, 6) is -2.45. The topological polar surface area (TPSA) is 91.8 Å². The predicted octanol–water partition coefficient (Wildman–Crippen LogP) is -0.893. The van der Waals surface area contributed by atoms with Crippen LogP contribution in [0.3, 0.4) is 0 Å². The lowest BCUT2D eigenvalue weighted by Gasteiger charge is -2.29. The number of sulfone groups is 1. The van der Waals surface area contributed by atoms with Crippen LogP contribution in [0.5, 0.6) is 0 Å². The van der Waals surface area contributed by atoms with Crippen LogP contribution in [0.2, 0.25) is 0 Å². The lowest BCUT2D eigenvalue weighted by Crippen LogP contribution is -2.44. The normalized spacial score (nSPS) is 18.9. The zero-order valence-electron chi connectivity index (χ0n) is 8.34. The third-order valence-corrected chi connectivity index (χ3v) is 4.20. The zero-order valence-corrected chi connectivity index (χ0v) is 9.16. The van der Waals surface area contributed by atoms with Gasteiger partial charge in [0.1, 0.15) is 9.84 Å². The van der Waals surface area contributed by atoms with E-state index in [1.165, 1.54) is 4.90 Å². The average Bonchev–Trinajstić information content (AvgIpc) is 2.15. The highest BCUT2D eigenvalue weighted by Gasteiger charge is 2.30. The summed E-state index contributed by atoms with van der Waals surface area (Å²) in [6.45, 7) is 0.395. The van der Waals surface area contributed by atoms with E-state index in [4.69, 9.17) is 5.11 Å². The number of nitrogens with zero attached hydrogens (tertiary/aromatic N) is 1. The summed E-state index contributed by atoms with van der Waals surface area (Å²) in [7, 11) is -3.08. The second-order valence-corrected chi connectivity index (χ2v) is 5.95. The summed E-state index contributed by atoms with van der Waals surface area (Å²) >= 11 is 0. The van der Waals surface area contributed by atoms with Gasteiger partial charge >= 0.3 is 11.9 Å². The van der Waals surface area contributed by atoms with Gasteiger partial charge in [0, 0.05) is 19.3 Å². The van der Waals surface area contributed by atoms with Crippen molar-refractivity contribution < 1.29 is 23.1 Å². The van der Waals surface area contributed by atoms with Crippen LogP contribution in [0.25, 0.3) is 0 Å². The Kier molecular flexibility index (Phi) is 3.33. The highest BCUT2D eigenvalue weighted by molar-refractivity contribution is 7.91. The minimum absolute atomic E-state index is 0.197. The van der Waals surface area contributed by atoms with Crippen molar-refractivity contribution in [1.29, 1.82) is 0 Å². The van der Waals surface area contributed by atoms with Crippen molar-refractivity contribution in [1.82, 2.24) is 4.90 Å². The molecule has 7 heteroatoms. The Morgan fingerprint density at radius 2 is 1.73 bits per heavy atom. The second-order valence-electron chi connectivity index (χ2n) is 3.63. The molecule has 0 radical (unpaired) electrons. The lowest BCUT2D eigenvalue weighted by atomic mass is 10.1. The van der Waals surface area contributed by atoms with Crippen molar-refractivity contribution in [2.24, 2.45) is 0 Å². The predicted molar refractivity (Wildman–Crippen MR) is 52.1 cm³/mol. The zero-order chi connectivity index (χ0) is 11.6. The summed E-state index contributed by atoms with van der Waals surface area (Å²) in [5.41, 5.74) is 0. The summed E-state index contributed by atoms with van der Waals surface area (Å²) in [6, 6.07) is 0. The maximum atomic E-state index is 11.2. The van der Waals surface area contributed by atoms with Gasteiger partial charge in [-0.05, 0) is 12.8 Å². The number of carbonyl (C=O) groups excluding carboxylic acids is 1. The van der Waals surface area contributed by atoms with Crippen molar-refractivity contribution in [3.05, 3.63) is 0 Å². The number of amides is 1. The molecular formula is C8H13NO5S. The van der Waals surface area contributed by atoms with Crippen LogP contribution < -0.4 is 0 Å². The molecule has 1 amide bonds. The number of hydrogen-bond donors (Lipinski definition) is 1. The van der Waals surface area contributed by atoms with Crippen LogP contribution in [0, 0.1) is 0 Å². The molecule has 0 atom stereocenters. The van der Waals surface area contributed by atoms with Crippen LogP contribution >= 0.6 is 0 Å². The molecule has 1 aliphatic rings. The van der Waals surface area contributed by atoms with Crippen LogP contribution in [0.1, 0.15) is 12.8 Å². The van der Waals surface area contributed by atoms with Crippen molar-refractivity contribution in [2.75, 3.05) is 19.3 Å². The van der Waals surface area contributed by atoms with Gasteiger partial charge < -0.3 is 10.0 Å². The van der Waals surface area contributed by atoms with Crippen LogP contribution in [0.15, 0.2) is 0 Å². The van der Waals surface area contributed by atoms with E-state index < -0.39 is 27.0 Å². The fraction of sp³-hybridized carbons (Fsp3) is 0.750. The second kappa shape index (κ2) is 4.18. The molecule has 0 aromatic heterocycles. The van der Waals surface area contributed by atoms with E-state index in [-0.39, 0.29) is 13.1 Å². The third kappa shape index (κ3) is 2.92. The molecule has 1 saturated heterocycles. The largest absolute Gasteiger partial charge is 0.474 e. The number of likely N-dealkylation sites (tertiary alicyclic amines) is 1. The first-order chi connectivity index (χ1) is 6.82. The molecule has 86 valence electrons. The first-order valence-electron chi connectivity index (χ1n) is 4.53. The van der Waals surface area contributed by atoms with Gasteiger partial charge in [0.2, 0.25) is 0 Å². The molecule has 1 aliphatic heterocycles. The Hall–Kier alpha value is -1.11. The Morgan fingerprint density at radius 3 is 2.07 bits per heavy atom. The van der Waals surface area contributed by atoms with E-state index >= 15 is 0 Å². The van der Waals surface area contributed by atoms with Crippen LogP contribution in [0.4, 0.5) is 0 Å². The van der Waals surface area contributed by atoms with Crippen molar-refractivity contribution in [2.45, 2.75) is 18.1 Å². The van der Waals surface area contributed by atoms with Crippen molar-refractivity contribution in [3.63, 3.8) is 0 Å². The molecule has 1 heterocycles. The SMILES string of the molecule is CS(=O)(=O)C1CCN(C(=O)C(=O)O)CC1. The maximum absolute atomic E-state index is 11.2. The number of aliphatic carboxylic acids is 1. The molecule has 0 spiro atoms. The van der Waals surface area contributed by atoms with Gasteiger partial charge in [-0.1, -0.05) is 0 Å². The van der Waals surface area contributed by atoms with E-state index in [2.05, 4.69) is 0 Å². The van der Waals surface area contributed by atoms with E-state index in [1.54, 1.807) is 0 Å². The highest BCUT2D eigenvalue weighted by Crippen LogP contribution is 2.16. The number of hydrogen-bond acceptors (Lipinski definition) is 4. The summed E-state index contributed by atoms with van der Waals surface area (Å²) in [5, 5.41) is 8.00. The number of carbonyl (C=O) groups is 2. The summed E-state index contributed by atoms with van der Waals surface area (Å²) < 4.78 is 22.4. The molecule has 0 aliphatic carbocycles. The molecule has 0 aromatic rings. The van der Waals surface area contributed by atoms with E-state index in [0.29, 0.717) is 12.8 Å². The maximum Gasteiger partial charge on any atom is 0.394 e. The average molecular weight is 235 g/mol. The van der Waals surface area contributed by atoms with E-state index in [0.717, 1.165) is 6.26 Å². The van der Waals surface area contributed by atoms with Gasteiger partial charge in [0.05, 0.1) is 5.25 Å². The van der Waals surface area contributed by atoms with Crippen molar-refractivity contribution in [3.8, 4) is 0 Å². The molecule has 0 aromatic carbocycles. The minimum Gasteiger partial charge on any atom is -0.474 e. The third-order valence-electron chi connectivity index (χ3n) is 2.52. The standard InChI is InChI=1S/C8H13NO5S/c1-15(13,14)6-2-4-9(5-3-6)7(10)8(11)12/h6H,2-5H2,1H3,(H,11,12). The molecular weight excluding hydrogens is 222 g/mol. The Bertz CT molecular complexity index is 366. The van der Waals surface area contributed by atoms with Gasteiger partial charge in [-0.15, -0.1) is 0 Å². The van der Waals surface area contributed by atoms with Gasteiger partial charge in [0.25, 0.3) is 0 Å². The molecule has 0 unspecified atom stereocenters. The summed E-state index contributed by atoms with van der Waals surface area (Å²) in [4.78, 5) is 22.6. The number of piperidine rings is 1. The van der Waals surface area contributed by atoms with Crippen LogP contribution in [-0.2, 0) is 19.4 Å². The molecule has 1 rings (SSSR count). The first kappa shape index (κ1) is 12.0. The monoisotopic (exact) mass is 235 g/mol. The van der Waals surface area contributed by atoms with Crippen LogP contribution in [-0.4, -0.2) is 54.9 Å². The Morgan fingerprint density at radius 1 is 1.27 bits per heavy atom. The molecule has 0 bridgehead atoms. The van der Waals surface area contributed by atoms with Gasteiger partial charge in [-0.25, -0.2) is 13.2 Å². The van der Waals surface area contributed by atoms with Crippen molar-refractivity contribution >= 4 is 21.7 Å². The smallest absolute Gasteiger partial charge is 0.394 e. The quantitative estimate of drug-likeness (QED) is 0.595. The Labute approximate surface area is 87.8 Å². The minimum atomic E-state index is -3.08. The number of carboxylic acid groups (broad SMARTS) is 1. The Balaban J connectivity index is 2.57. The molecule has 1 N–H and O–H groups in total. The van der Waals surface area contributed by atoms with E-state index in [9.17, 15) is 18.0 Å². The van der Waals surface area contributed by atoms with Gasteiger partial charge in [0.15, 0.2) is 0 Å². The molecule has 0 saturated carbocycles. The lowest BCUT2D eigenvalue weighted by molar-refractivity contribution is -0.156. The number of carboxylic acids is 1.